The molecule has 0 heterocycles. The highest BCUT2D eigenvalue weighted by Crippen LogP contribution is 2.26. The third kappa shape index (κ3) is 3.11. The fourth-order valence-electron chi connectivity index (χ4n) is 1.45. The van der Waals surface area contributed by atoms with Crippen molar-refractivity contribution in [2.45, 2.75) is 0 Å². The highest BCUT2D eigenvalue weighted by Gasteiger charge is 2.12. The minimum atomic E-state index is -1.09. The number of carboxylic acid groups (broad SMARTS) is 1. The Kier molecular flexibility index (Phi) is 3.82. The number of hydrogen-bond acceptors (Lipinski definition) is 3. The van der Waals surface area contributed by atoms with Crippen LogP contribution in [0.2, 0.25) is 5.02 Å². The lowest BCUT2D eigenvalue weighted by atomic mass is 10.2. The van der Waals surface area contributed by atoms with Gasteiger partial charge in [-0.25, -0.2) is 9.59 Å². The van der Waals surface area contributed by atoms with E-state index in [1.165, 1.54) is 18.2 Å². The first-order chi connectivity index (χ1) is 9.08. The van der Waals surface area contributed by atoms with E-state index in [-0.39, 0.29) is 16.3 Å². The standard InChI is InChI=1S/C14H9ClO4/c15-11-8-10(13(16)17)6-7-12(11)19-14(18)9-4-2-1-3-5-9/h1-8H,(H,16,17). The summed E-state index contributed by atoms with van der Waals surface area (Å²) in [5, 5.41) is 8.87. The molecule has 0 aliphatic heterocycles. The molecule has 0 spiro atoms. The summed E-state index contributed by atoms with van der Waals surface area (Å²) in [5.74, 6) is -1.52. The summed E-state index contributed by atoms with van der Waals surface area (Å²) < 4.78 is 5.10. The second kappa shape index (κ2) is 5.54. The Morgan fingerprint density at radius 2 is 1.68 bits per heavy atom. The SMILES string of the molecule is O=C(O)c1ccc(OC(=O)c2ccccc2)c(Cl)c1. The number of carbonyl (C=O) groups is 2. The molecule has 0 unspecified atom stereocenters. The summed E-state index contributed by atoms with van der Waals surface area (Å²) in [5.41, 5.74) is 0.422. The first kappa shape index (κ1) is 13.1. The van der Waals surface area contributed by atoms with E-state index in [9.17, 15) is 9.59 Å². The third-order valence-corrected chi connectivity index (χ3v) is 2.69. The average molecular weight is 277 g/mol. The molecule has 1 N–H and O–H groups in total. The summed E-state index contributed by atoms with van der Waals surface area (Å²) in [7, 11) is 0. The fraction of sp³-hybridized carbons (Fsp3) is 0. The molecular weight excluding hydrogens is 268 g/mol. The van der Waals surface area contributed by atoms with Crippen molar-refractivity contribution < 1.29 is 19.4 Å². The highest BCUT2D eigenvalue weighted by molar-refractivity contribution is 6.32. The van der Waals surface area contributed by atoms with E-state index in [0.29, 0.717) is 5.56 Å². The fourth-order valence-corrected chi connectivity index (χ4v) is 1.67. The number of hydrogen-bond donors (Lipinski definition) is 1. The molecule has 0 saturated heterocycles. The quantitative estimate of drug-likeness (QED) is 0.690. The van der Waals surface area contributed by atoms with Gasteiger partial charge in [0.25, 0.3) is 0 Å². The Bertz CT molecular complexity index is 623. The number of carbonyl (C=O) groups excluding carboxylic acids is 1. The number of esters is 1. The second-order valence-corrected chi connectivity index (χ2v) is 4.11. The smallest absolute Gasteiger partial charge is 0.343 e. The minimum Gasteiger partial charge on any atom is -0.478 e. The van der Waals surface area contributed by atoms with Gasteiger partial charge in [0.1, 0.15) is 5.75 Å². The van der Waals surface area contributed by atoms with Gasteiger partial charge in [0, 0.05) is 0 Å². The van der Waals surface area contributed by atoms with E-state index < -0.39 is 11.9 Å². The minimum absolute atomic E-state index is 0.0320. The van der Waals surface area contributed by atoms with E-state index in [4.69, 9.17) is 21.4 Å². The summed E-state index contributed by atoms with van der Waals surface area (Å²) >= 11 is 5.86. The molecule has 0 amide bonds. The van der Waals surface area contributed by atoms with Gasteiger partial charge in [-0.2, -0.15) is 0 Å². The Morgan fingerprint density at radius 3 is 2.26 bits per heavy atom. The van der Waals surface area contributed by atoms with Crippen molar-refractivity contribution in [3.8, 4) is 5.75 Å². The predicted molar refractivity (Wildman–Crippen MR) is 69.8 cm³/mol. The van der Waals surface area contributed by atoms with Crippen LogP contribution in [0.1, 0.15) is 20.7 Å². The molecule has 0 aromatic heterocycles. The summed E-state index contributed by atoms with van der Waals surface area (Å²) in [6.45, 7) is 0. The van der Waals surface area contributed by atoms with Crippen molar-refractivity contribution in [2.75, 3.05) is 0 Å². The number of ether oxygens (including phenoxy) is 1. The van der Waals surface area contributed by atoms with Crippen molar-refractivity contribution in [1.29, 1.82) is 0 Å². The van der Waals surface area contributed by atoms with E-state index in [0.717, 1.165) is 0 Å². The molecule has 0 saturated carbocycles. The average Bonchev–Trinajstić information content (AvgIpc) is 2.41. The normalized spacial score (nSPS) is 9.95. The maximum absolute atomic E-state index is 11.8. The van der Waals surface area contributed by atoms with Crippen LogP contribution >= 0.6 is 11.6 Å². The van der Waals surface area contributed by atoms with Crippen LogP contribution in [-0.2, 0) is 0 Å². The van der Waals surface area contributed by atoms with E-state index in [1.807, 2.05) is 0 Å². The highest BCUT2D eigenvalue weighted by atomic mass is 35.5. The lowest BCUT2D eigenvalue weighted by molar-refractivity contribution is 0.0696. The zero-order valence-electron chi connectivity index (χ0n) is 9.67. The lowest BCUT2D eigenvalue weighted by Gasteiger charge is -2.06. The van der Waals surface area contributed by atoms with Gasteiger partial charge in [-0.3, -0.25) is 0 Å². The molecule has 2 aromatic carbocycles. The molecule has 19 heavy (non-hydrogen) atoms. The zero-order chi connectivity index (χ0) is 13.8. The van der Waals surface area contributed by atoms with Gasteiger partial charge in [0.15, 0.2) is 0 Å². The Hall–Kier alpha value is -2.33. The van der Waals surface area contributed by atoms with Crippen molar-refractivity contribution in [2.24, 2.45) is 0 Å². The molecule has 2 aromatic rings. The van der Waals surface area contributed by atoms with E-state index in [1.54, 1.807) is 30.3 Å². The van der Waals surface area contributed by atoms with Crippen LogP contribution in [0.5, 0.6) is 5.75 Å². The van der Waals surface area contributed by atoms with Crippen LogP contribution in [0.15, 0.2) is 48.5 Å². The van der Waals surface area contributed by atoms with Crippen LogP contribution in [0.3, 0.4) is 0 Å². The molecule has 2 rings (SSSR count). The maximum atomic E-state index is 11.8. The topological polar surface area (TPSA) is 63.6 Å². The predicted octanol–water partition coefficient (Wildman–Crippen LogP) is 3.26. The van der Waals surface area contributed by atoms with Gasteiger partial charge >= 0.3 is 11.9 Å². The van der Waals surface area contributed by atoms with Gasteiger partial charge < -0.3 is 9.84 Å². The van der Waals surface area contributed by atoms with E-state index in [2.05, 4.69) is 0 Å². The Morgan fingerprint density at radius 1 is 1.00 bits per heavy atom. The van der Waals surface area contributed by atoms with Gasteiger partial charge in [-0.1, -0.05) is 29.8 Å². The lowest BCUT2D eigenvalue weighted by Crippen LogP contribution is -2.08. The first-order valence-electron chi connectivity index (χ1n) is 5.38. The number of aromatic carboxylic acids is 1. The summed E-state index contributed by atoms with van der Waals surface area (Å²) in [6, 6.07) is 12.3. The second-order valence-electron chi connectivity index (χ2n) is 3.71. The Balaban J connectivity index is 2.20. The summed E-state index contributed by atoms with van der Waals surface area (Å²) in [4.78, 5) is 22.5. The monoisotopic (exact) mass is 276 g/mol. The number of rotatable bonds is 3. The van der Waals surface area contributed by atoms with Crippen LogP contribution in [0.25, 0.3) is 0 Å². The molecule has 96 valence electrons. The van der Waals surface area contributed by atoms with Crippen LogP contribution in [0, 0.1) is 0 Å². The van der Waals surface area contributed by atoms with Crippen molar-refractivity contribution in [3.05, 3.63) is 64.7 Å². The van der Waals surface area contributed by atoms with Crippen molar-refractivity contribution >= 4 is 23.5 Å². The molecular formula is C14H9ClO4. The maximum Gasteiger partial charge on any atom is 0.343 e. The molecule has 0 fully saturated rings. The molecule has 0 aliphatic carbocycles. The largest absolute Gasteiger partial charge is 0.478 e. The number of carboxylic acids is 1. The van der Waals surface area contributed by atoms with Gasteiger partial charge in [-0.05, 0) is 30.3 Å². The van der Waals surface area contributed by atoms with Gasteiger partial charge in [0.05, 0.1) is 16.1 Å². The molecule has 0 atom stereocenters. The van der Waals surface area contributed by atoms with Crippen LogP contribution in [0.4, 0.5) is 0 Å². The molecule has 5 heteroatoms. The van der Waals surface area contributed by atoms with Crippen LogP contribution < -0.4 is 4.74 Å². The molecule has 0 bridgehead atoms. The van der Waals surface area contributed by atoms with Crippen molar-refractivity contribution in [3.63, 3.8) is 0 Å². The number of halogens is 1. The van der Waals surface area contributed by atoms with Gasteiger partial charge in [-0.15, -0.1) is 0 Å². The Labute approximate surface area is 114 Å². The molecule has 4 nitrogen and oxygen atoms in total. The third-order valence-electron chi connectivity index (χ3n) is 2.39. The van der Waals surface area contributed by atoms with E-state index >= 15 is 0 Å². The van der Waals surface area contributed by atoms with Crippen molar-refractivity contribution in [1.82, 2.24) is 0 Å². The van der Waals surface area contributed by atoms with Gasteiger partial charge in [0.2, 0.25) is 0 Å². The summed E-state index contributed by atoms with van der Waals surface area (Å²) in [6.07, 6.45) is 0. The zero-order valence-corrected chi connectivity index (χ0v) is 10.4. The van der Waals surface area contributed by atoms with Crippen LogP contribution in [-0.4, -0.2) is 17.0 Å². The first-order valence-corrected chi connectivity index (χ1v) is 5.76. The molecule has 0 aliphatic rings. The molecule has 0 radical (unpaired) electrons. The number of benzene rings is 2.